The Labute approximate surface area is 72.8 Å². The molecule has 0 aliphatic rings. The summed E-state index contributed by atoms with van der Waals surface area (Å²) in [6.45, 7) is 1.82. The topological polar surface area (TPSA) is 26.3 Å². The number of hydrogen-bond donors (Lipinski definition) is 0. The van der Waals surface area contributed by atoms with Gasteiger partial charge in [-0.2, -0.15) is 0 Å². The maximum atomic E-state index is 10.3. The molecule has 0 aromatic rings. The van der Waals surface area contributed by atoms with E-state index >= 15 is 0 Å². The Morgan fingerprint density at radius 3 is 2.43 bits per heavy atom. The first-order valence-electron chi connectivity index (χ1n) is 1.78. The predicted molar refractivity (Wildman–Crippen MR) is 29.6 cm³/mol. The predicted octanol–water partition coefficient (Wildman–Crippen LogP) is 0.815. The van der Waals surface area contributed by atoms with Gasteiger partial charge in [0.25, 0.3) is 0 Å². The third kappa shape index (κ3) is 3.70. The van der Waals surface area contributed by atoms with E-state index in [4.69, 9.17) is 0 Å². The number of halogens is 1. The van der Waals surface area contributed by atoms with Crippen molar-refractivity contribution in [2.75, 3.05) is 0 Å². The average molecular weight is 400 g/mol. The minimum atomic E-state index is -0.0797. The number of alkyl halides is 1. The second-order valence-electron chi connectivity index (χ2n) is 1.08. The molecule has 0 heterocycles. The van der Waals surface area contributed by atoms with Crippen molar-refractivity contribution in [3.05, 3.63) is 0 Å². The van der Waals surface area contributed by atoms with Gasteiger partial charge in [0.05, 0.1) is 0 Å². The van der Waals surface area contributed by atoms with Crippen molar-refractivity contribution in [3.63, 3.8) is 0 Å². The quantitative estimate of drug-likeness (QED) is 0.371. The molecule has 7 heavy (non-hydrogen) atoms. The van der Waals surface area contributed by atoms with Gasteiger partial charge >= 0.3 is 73.4 Å². The van der Waals surface area contributed by atoms with Gasteiger partial charge in [0, 0.05) is 0 Å². The van der Waals surface area contributed by atoms with E-state index in [1.807, 2.05) is 29.5 Å². The van der Waals surface area contributed by atoms with Gasteiger partial charge in [0.2, 0.25) is 0 Å². The summed E-state index contributed by atoms with van der Waals surface area (Å²) in [4.78, 5) is 10.3. The summed E-state index contributed by atoms with van der Waals surface area (Å²) in [7, 11) is 0. The molecule has 0 spiro atoms. The second kappa shape index (κ2) is 4.06. The Balaban J connectivity index is 3.35. The van der Waals surface area contributed by atoms with Gasteiger partial charge in [-0.25, -0.2) is 0 Å². The summed E-state index contributed by atoms with van der Waals surface area (Å²) in [5.74, 6) is -0.0797. The number of carbonyl (C=O) groups excluding carboxylic acids is 1. The van der Waals surface area contributed by atoms with Crippen LogP contribution in [0.1, 0.15) is 6.92 Å². The maximum absolute atomic E-state index is 10.3. The summed E-state index contributed by atoms with van der Waals surface area (Å²) in [5, 5.41) is 0. The Morgan fingerprint density at radius 2 is 2.43 bits per heavy atom. The van der Waals surface area contributed by atoms with Crippen LogP contribution in [-0.2, 0) is 34.0 Å². The summed E-state index contributed by atoms with van der Waals surface area (Å²) < 4.78 is 4.58. The third-order valence-corrected chi connectivity index (χ3v) is 2.08. The van der Waals surface area contributed by atoms with Crippen LogP contribution in [-0.4, -0.2) is 9.89 Å². The van der Waals surface area contributed by atoms with Crippen LogP contribution in [0.2, 0.25) is 0 Å². The first kappa shape index (κ1) is 8.14. The van der Waals surface area contributed by atoms with E-state index in [0.29, 0.717) is 0 Å². The van der Waals surface area contributed by atoms with Crippen LogP contribution in [0.3, 0.4) is 0 Å². The van der Waals surface area contributed by atoms with E-state index in [1.54, 1.807) is 0 Å². The monoisotopic (exact) mass is 401 g/mol. The molecule has 37 valence electrons. The van der Waals surface area contributed by atoms with E-state index in [1.165, 1.54) is 0 Å². The van der Waals surface area contributed by atoms with Crippen molar-refractivity contribution in [3.8, 4) is 0 Å². The fourth-order valence-corrected chi connectivity index (χ4v) is 2.59. The van der Waals surface area contributed by atoms with E-state index < -0.39 is 0 Å². The van der Waals surface area contributed by atoms with Gasteiger partial charge < -0.3 is 0 Å². The molecule has 0 amide bonds. The van der Waals surface area contributed by atoms with Gasteiger partial charge in [-0.1, -0.05) is 0 Å². The molecule has 0 aromatic carbocycles. The molecule has 0 rings (SSSR count). The number of hydrogen-bond acceptors (Lipinski definition) is 2. The zero-order chi connectivity index (χ0) is 5.86. The van der Waals surface area contributed by atoms with Gasteiger partial charge in [0.15, 0.2) is 0 Å². The average Bonchev–Trinajstić information content (AvgIpc) is 1.65. The van der Waals surface area contributed by atoms with Crippen LogP contribution in [0.15, 0.2) is 0 Å². The van der Waals surface area contributed by atoms with Crippen molar-refractivity contribution >= 4 is 28.6 Å². The summed E-state index contributed by atoms with van der Waals surface area (Å²) in [5.41, 5.74) is 0. The van der Waals surface area contributed by atoms with Crippen molar-refractivity contribution in [2.24, 2.45) is 0 Å². The van der Waals surface area contributed by atoms with E-state index in [-0.39, 0.29) is 36.5 Å². The van der Waals surface area contributed by atoms with Crippen molar-refractivity contribution < 1.29 is 34.0 Å². The molecule has 2 nitrogen and oxygen atoms in total. The molecule has 1 atom stereocenters. The van der Waals surface area contributed by atoms with Crippen LogP contribution in [0, 0.1) is 0 Å². The molecule has 0 fully saturated rings. The van der Waals surface area contributed by atoms with Gasteiger partial charge in [-0.3, -0.25) is 0 Å². The molecule has 0 saturated heterocycles. The van der Waals surface area contributed by atoms with E-state index in [0.717, 1.165) is 0 Å². The zero-order valence-electron chi connectivity index (χ0n) is 3.98. The Kier molecular flexibility index (Phi) is 4.72. The summed E-state index contributed by atoms with van der Waals surface area (Å²) in [6, 6.07) is 0. The van der Waals surface area contributed by atoms with Crippen molar-refractivity contribution in [1.82, 2.24) is 0 Å². The summed E-state index contributed by atoms with van der Waals surface area (Å²) >= 11 is 2.19. The van der Waals surface area contributed by atoms with Crippen LogP contribution in [0.25, 0.3) is 0 Å². The van der Waals surface area contributed by atoms with Crippen LogP contribution in [0.4, 0.5) is 0 Å². The molecule has 0 aliphatic carbocycles. The molecule has 0 saturated carbocycles. The Bertz CT molecular complexity index is 73.3. The third-order valence-electron chi connectivity index (χ3n) is 0.467. The first-order chi connectivity index (χ1) is 3.18. The second-order valence-corrected chi connectivity index (χ2v) is 4.07. The normalized spacial score (nSPS) is 13.1. The fraction of sp³-hybridized carbons (Fsp3) is 0.667. The minimum absolute atomic E-state index is 0.0232. The van der Waals surface area contributed by atoms with Gasteiger partial charge in [0.1, 0.15) is 0 Å². The molecule has 1 unspecified atom stereocenters. The fourth-order valence-electron chi connectivity index (χ4n) is 0.115. The molecular formula is C3H4HgIO2. The van der Waals surface area contributed by atoms with E-state index in [2.05, 4.69) is 2.64 Å². The van der Waals surface area contributed by atoms with E-state index in [9.17, 15) is 4.79 Å². The van der Waals surface area contributed by atoms with Crippen LogP contribution >= 0.6 is 22.6 Å². The van der Waals surface area contributed by atoms with Crippen molar-refractivity contribution in [2.45, 2.75) is 10.8 Å². The molecule has 0 aromatic heterocycles. The SMILES string of the molecule is CC(I)C(=O)[O][Hg]. The molecule has 0 radical (unpaired) electrons. The van der Waals surface area contributed by atoms with Gasteiger partial charge in [-0.05, 0) is 0 Å². The Morgan fingerprint density at radius 1 is 2.00 bits per heavy atom. The van der Waals surface area contributed by atoms with Crippen molar-refractivity contribution in [1.29, 1.82) is 0 Å². The van der Waals surface area contributed by atoms with Gasteiger partial charge in [-0.15, -0.1) is 0 Å². The molecule has 0 N–H and O–H groups in total. The summed E-state index contributed by atoms with van der Waals surface area (Å²) in [6.07, 6.45) is 0. The standard InChI is InChI=1S/C3H5IO2.Hg/c1-2(4)3(5)6;/h2H,1H3,(H,5,6);/q;+1/p-1. The Hall–Kier alpha value is 1.14. The number of carbonyl (C=O) groups is 1. The molecular weight excluding hydrogens is 396 g/mol. The van der Waals surface area contributed by atoms with Crippen LogP contribution in [0.5, 0.6) is 0 Å². The molecule has 0 bridgehead atoms. The zero-order valence-corrected chi connectivity index (χ0v) is 11.6. The molecule has 0 aliphatic heterocycles. The van der Waals surface area contributed by atoms with Crippen LogP contribution < -0.4 is 0 Å². The number of rotatable bonds is 1. The molecule has 4 heteroatoms. The first-order valence-corrected chi connectivity index (χ1v) is 5.27.